The average Bonchev–Trinajstić information content (AvgIpc) is 3.50. The van der Waals surface area contributed by atoms with Gasteiger partial charge in [0.1, 0.15) is 5.82 Å². The summed E-state index contributed by atoms with van der Waals surface area (Å²) in [6, 6.07) is 20.0. The van der Waals surface area contributed by atoms with E-state index in [2.05, 4.69) is 26.9 Å². The van der Waals surface area contributed by atoms with E-state index in [0.717, 1.165) is 35.2 Å². The summed E-state index contributed by atoms with van der Waals surface area (Å²) in [6.45, 7) is 4.58. The molecule has 5 nitrogen and oxygen atoms in total. The summed E-state index contributed by atoms with van der Waals surface area (Å²) in [5.41, 5.74) is 1.97. The van der Waals surface area contributed by atoms with Crippen molar-refractivity contribution in [1.82, 2.24) is 14.8 Å². The molecule has 1 amide bonds. The first-order valence-electron chi connectivity index (χ1n) is 9.73. The number of para-hydroxylation sites is 2. The first-order chi connectivity index (χ1) is 13.7. The molecule has 1 aliphatic rings. The predicted octanol–water partition coefficient (Wildman–Crippen LogP) is 4.68. The maximum atomic E-state index is 13.1. The molecule has 3 aromatic rings. The van der Waals surface area contributed by atoms with Crippen molar-refractivity contribution in [2.24, 2.45) is 0 Å². The summed E-state index contributed by atoms with van der Waals surface area (Å²) >= 11 is 1.48. The van der Waals surface area contributed by atoms with Crippen LogP contribution >= 0.6 is 11.8 Å². The fraction of sp³-hybridized carbons (Fsp3) is 0.318. The van der Waals surface area contributed by atoms with E-state index in [9.17, 15) is 4.79 Å². The number of nitrogens with zero attached hydrogens (tertiary/aromatic N) is 4. The Bertz CT molecular complexity index is 938. The molecule has 0 bridgehead atoms. The van der Waals surface area contributed by atoms with Crippen LogP contribution in [0.3, 0.4) is 0 Å². The van der Waals surface area contributed by atoms with Crippen molar-refractivity contribution >= 4 is 23.4 Å². The summed E-state index contributed by atoms with van der Waals surface area (Å²) in [5, 5.41) is 9.41. The van der Waals surface area contributed by atoms with E-state index in [1.807, 2.05) is 67.3 Å². The van der Waals surface area contributed by atoms with Crippen molar-refractivity contribution in [2.45, 2.75) is 43.0 Å². The van der Waals surface area contributed by atoms with Crippen molar-refractivity contribution in [2.75, 3.05) is 11.4 Å². The molecule has 144 valence electrons. The first-order valence-corrected chi connectivity index (χ1v) is 10.6. The van der Waals surface area contributed by atoms with Crippen LogP contribution in [0.4, 0.5) is 5.69 Å². The van der Waals surface area contributed by atoms with Crippen LogP contribution in [0, 0.1) is 0 Å². The van der Waals surface area contributed by atoms with Gasteiger partial charge in [-0.1, -0.05) is 48.2 Å². The van der Waals surface area contributed by atoms with Gasteiger partial charge in [0.05, 0.1) is 5.25 Å². The number of hydrogen-bond acceptors (Lipinski definition) is 4. The molecule has 1 fully saturated rings. The minimum Gasteiger partial charge on any atom is -0.312 e. The lowest BCUT2D eigenvalue weighted by Gasteiger charge is -2.24. The summed E-state index contributed by atoms with van der Waals surface area (Å²) in [7, 11) is 0. The van der Waals surface area contributed by atoms with Gasteiger partial charge >= 0.3 is 0 Å². The van der Waals surface area contributed by atoms with Crippen LogP contribution < -0.4 is 4.90 Å². The molecule has 1 unspecified atom stereocenters. The Morgan fingerprint density at radius 1 is 1.11 bits per heavy atom. The van der Waals surface area contributed by atoms with E-state index in [0.29, 0.717) is 12.5 Å². The van der Waals surface area contributed by atoms with Crippen LogP contribution in [-0.4, -0.2) is 32.5 Å². The lowest BCUT2D eigenvalue weighted by Crippen LogP contribution is -2.36. The summed E-state index contributed by atoms with van der Waals surface area (Å²) in [4.78, 5) is 14.9. The zero-order chi connectivity index (χ0) is 19.5. The highest BCUT2D eigenvalue weighted by Crippen LogP contribution is 2.41. The highest BCUT2D eigenvalue weighted by atomic mass is 32.2. The number of benzene rings is 2. The molecule has 6 heteroatoms. The Labute approximate surface area is 169 Å². The number of carbonyl (C=O) groups is 1. The number of thioether (sulfide) groups is 1. The molecule has 1 aliphatic carbocycles. The number of amides is 1. The van der Waals surface area contributed by atoms with Crippen molar-refractivity contribution in [3.05, 3.63) is 66.5 Å². The summed E-state index contributed by atoms with van der Waals surface area (Å²) in [5.74, 6) is 1.56. The lowest BCUT2D eigenvalue weighted by atomic mass is 10.2. The quantitative estimate of drug-likeness (QED) is 0.548. The van der Waals surface area contributed by atoms with Crippen LogP contribution in [-0.2, 0) is 4.79 Å². The first kappa shape index (κ1) is 18.7. The van der Waals surface area contributed by atoms with Gasteiger partial charge in [-0.25, -0.2) is 0 Å². The van der Waals surface area contributed by atoms with Gasteiger partial charge in [-0.15, -0.1) is 10.2 Å². The van der Waals surface area contributed by atoms with E-state index >= 15 is 0 Å². The molecular formula is C22H24N4OS. The minimum atomic E-state index is -0.265. The number of hydrogen-bond donors (Lipinski definition) is 0. The van der Waals surface area contributed by atoms with Gasteiger partial charge in [0.15, 0.2) is 5.16 Å². The highest BCUT2D eigenvalue weighted by molar-refractivity contribution is 8.00. The zero-order valence-corrected chi connectivity index (χ0v) is 17.0. The molecule has 0 saturated heterocycles. The third kappa shape index (κ3) is 3.83. The molecule has 1 atom stereocenters. The van der Waals surface area contributed by atoms with Crippen LogP contribution in [0.2, 0.25) is 0 Å². The number of aromatic nitrogens is 3. The van der Waals surface area contributed by atoms with E-state index in [-0.39, 0.29) is 11.2 Å². The van der Waals surface area contributed by atoms with E-state index in [1.165, 1.54) is 11.8 Å². The molecule has 1 aromatic heterocycles. The van der Waals surface area contributed by atoms with Gasteiger partial charge < -0.3 is 4.90 Å². The van der Waals surface area contributed by atoms with Crippen LogP contribution in [0.15, 0.2) is 65.8 Å². The minimum absolute atomic E-state index is 0.0780. The maximum absolute atomic E-state index is 13.1. The van der Waals surface area contributed by atoms with Gasteiger partial charge in [-0.3, -0.25) is 9.36 Å². The zero-order valence-electron chi connectivity index (χ0n) is 16.2. The predicted molar refractivity (Wildman–Crippen MR) is 113 cm³/mol. The second-order valence-electron chi connectivity index (χ2n) is 6.96. The smallest absolute Gasteiger partial charge is 0.240 e. The van der Waals surface area contributed by atoms with Crippen LogP contribution in [0.25, 0.3) is 5.69 Å². The molecule has 2 aromatic carbocycles. The fourth-order valence-electron chi connectivity index (χ4n) is 3.28. The van der Waals surface area contributed by atoms with Crippen molar-refractivity contribution < 1.29 is 4.79 Å². The molecule has 0 spiro atoms. The summed E-state index contributed by atoms with van der Waals surface area (Å²) < 4.78 is 2.12. The molecule has 0 N–H and O–H groups in total. The van der Waals surface area contributed by atoms with Gasteiger partial charge in [0, 0.05) is 23.8 Å². The van der Waals surface area contributed by atoms with E-state index < -0.39 is 0 Å². The van der Waals surface area contributed by atoms with Gasteiger partial charge in [-0.05, 0) is 51.0 Å². The monoisotopic (exact) mass is 392 g/mol. The van der Waals surface area contributed by atoms with Gasteiger partial charge in [0.25, 0.3) is 0 Å². The number of carbonyl (C=O) groups excluding carboxylic acids is 1. The number of anilines is 1. The van der Waals surface area contributed by atoms with Crippen molar-refractivity contribution in [1.29, 1.82) is 0 Å². The van der Waals surface area contributed by atoms with Gasteiger partial charge in [0.2, 0.25) is 5.91 Å². The summed E-state index contributed by atoms with van der Waals surface area (Å²) in [6.07, 6.45) is 2.31. The molecule has 4 rings (SSSR count). The lowest BCUT2D eigenvalue weighted by molar-refractivity contribution is -0.117. The Hall–Kier alpha value is -2.60. The Balaban J connectivity index is 1.59. The van der Waals surface area contributed by atoms with Crippen LogP contribution in [0.1, 0.15) is 38.4 Å². The molecule has 28 heavy (non-hydrogen) atoms. The number of rotatable bonds is 7. The fourth-order valence-corrected chi connectivity index (χ4v) is 4.22. The molecule has 0 aliphatic heterocycles. The van der Waals surface area contributed by atoms with Crippen molar-refractivity contribution in [3.8, 4) is 5.69 Å². The molecule has 0 radical (unpaired) electrons. The second-order valence-corrected chi connectivity index (χ2v) is 8.27. The normalized spacial score (nSPS) is 14.6. The second kappa shape index (κ2) is 8.19. The largest absolute Gasteiger partial charge is 0.312 e. The SMILES string of the molecule is CCN(C(=O)C(C)Sc1nnc(C2CC2)n1-c1ccccc1)c1ccccc1. The molecular weight excluding hydrogens is 368 g/mol. The Kier molecular flexibility index (Phi) is 5.48. The van der Waals surface area contributed by atoms with Crippen LogP contribution in [0.5, 0.6) is 0 Å². The average molecular weight is 393 g/mol. The topological polar surface area (TPSA) is 51.0 Å². The Morgan fingerprint density at radius 3 is 2.36 bits per heavy atom. The highest BCUT2D eigenvalue weighted by Gasteiger charge is 2.32. The van der Waals surface area contributed by atoms with E-state index in [4.69, 9.17) is 0 Å². The molecule has 1 saturated carbocycles. The third-order valence-electron chi connectivity index (χ3n) is 4.90. The standard InChI is InChI=1S/C22H24N4OS/c1-3-25(18-10-6-4-7-11-18)21(27)16(2)28-22-24-23-20(17-14-15-17)26(22)19-12-8-5-9-13-19/h4-13,16-17H,3,14-15H2,1-2H3. The third-order valence-corrected chi connectivity index (χ3v) is 5.93. The Morgan fingerprint density at radius 2 is 1.75 bits per heavy atom. The van der Waals surface area contributed by atoms with Crippen molar-refractivity contribution in [3.63, 3.8) is 0 Å². The maximum Gasteiger partial charge on any atom is 0.240 e. The molecule has 1 heterocycles. The van der Waals surface area contributed by atoms with E-state index in [1.54, 1.807) is 0 Å². The van der Waals surface area contributed by atoms with Gasteiger partial charge in [-0.2, -0.15) is 0 Å².